The van der Waals surface area contributed by atoms with Crippen LogP contribution in [-0.4, -0.2) is 12.3 Å². The zero-order chi connectivity index (χ0) is 13.3. The summed E-state index contributed by atoms with van der Waals surface area (Å²) in [5, 5.41) is 3.71. The second kappa shape index (κ2) is 4.37. The highest BCUT2D eigenvalue weighted by molar-refractivity contribution is 5.70. The van der Waals surface area contributed by atoms with Gasteiger partial charge in [-0.25, -0.2) is 0 Å². The van der Waals surface area contributed by atoms with E-state index in [-0.39, 0.29) is 5.41 Å². The number of hydrogen-bond donors (Lipinski definition) is 1. The molecule has 2 N–H and O–H groups in total. The molecule has 96 valence electrons. The third kappa shape index (κ3) is 2.18. The Kier molecular flexibility index (Phi) is 3.03. The van der Waals surface area contributed by atoms with Crippen molar-refractivity contribution in [2.45, 2.75) is 26.2 Å². The van der Waals surface area contributed by atoms with Crippen molar-refractivity contribution in [1.29, 1.82) is 0 Å². The number of hydrogen-bond acceptors (Lipinski definition) is 4. The van der Waals surface area contributed by atoms with E-state index in [1.165, 1.54) is 0 Å². The Morgan fingerprint density at radius 3 is 2.50 bits per heavy atom. The number of ether oxygens (including phenoxy) is 1. The topological polar surface area (TPSA) is 61.3 Å². The summed E-state index contributed by atoms with van der Waals surface area (Å²) in [6, 6.07) is 7.68. The molecule has 0 amide bonds. The lowest BCUT2D eigenvalue weighted by molar-refractivity contribution is 0.393. The number of para-hydroxylation sites is 1. The van der Waals surface area contributed by atoms with Crippen molar-refractivity contribution in [3.05, 3.63) is 29.8 Å². The number of nitrogen functional groups attached to an aromatic ring is 1. The average molecular weight is 246 g/mol. The van der Waals surface area contributed by atoms with Crippen molar-refractivity contribution in [3.63, 3.8) is 0 Å². The Bertz CT molecular complexity index is 553. The highest BCUT2D eigenvalue weighted by atomic mass is 16.5. The van der Waals surface area contributed by atoms with Gasteiger partial charge in [0.25, 0.3) is 0 Å². The molecular formula is C14H18N2O2. The molecule has 0 aliphatic heterocycles. The number of methoxy groups -OCH3 is 1. The predicted molar refractivity (Wildman–Crippen MR) is 71.6 cm³/mol. The van der Waals surface area contributed by atoms with Gasteiger partial charge in [0.1, 0.15) is 5.75 Å². The molecule has 0 saturated heterocycles. The van der Waals surface area contributed by atoms with Crippen molar-refractivity contribution in [2.24, 2.45) is 0 Å². The molecule has 0 aliphatic rings. The molecule has 1 aromatic heterocycles. The van der Waals surface area contributed by atoms with E-state index in [4.69, 9.17) is 15.0 Å². The van der Waals surface area contributed by atoms with Crippen molar-refractivity contribution in [3.8, 4) is 17.1 Å². The molecule has 4 heteroatoms. The molecule has 0 spiro atoms. The number of benzene rings is 1. The Morgan fingerprint density at radius 2 is 2.00 bits per heavy atom. The van der Waals surface area contributed by atoms with Crippen LogP contribution in [0.4, 0.5) is 5.82 Å². The lowest BCUT2D eigenvalue weighted by atomic mass is 9.85. The van der Waals surface area contributed by atoms with Crippen LogP contribution < -0.4 is 10.5 Å². The number of anilines is 1. The zero-order valence-electron chi connectivity index (χ0n) is 11.2. The van der Waals surface area contributed by atoms with Crippen LogP contribution in [-0.2, 0) is 5.41 Å². The summed E-state index contributed by atoms with van der Waals surface area (Å²) in [5.41, 5.74) is 7.57. The van der Waals surface area contributed by atoms with E-state index in [9.17, 15) is 0 Å². The van der Waals surface area contributed by atoms with Crippen LogP contribution in [0.15, 0.2) is 28.8 Å². The predicted octanol–water partition coefficient (Wildman–Crippen LogP) is 3.23. The molecule has 0 aliphatic carbocycles. The molecule has 18 heavy (non-hydrogen) atoms. The summed E-state index contributed by atoms with van der Waals surface area (Å²) in [6.45, 7) is 6.43. The monoisotopic (exact) mass is 246 g/mol. The van der Waals surface area contributed by atoms with Gasteiger partial charge in [-0.3, -0.25) is 0 Å². The maximum absolute atomic E-state index is 5.59. The minimum atomic E-state index is -0.00702. The molecule has 0 unspecified atom stereocenters. The summed E-state index contributed by atoms with van der Waals surface area (Å²) in [4.78, 5) is 0. The van der Waals surface area contributed by atoms with E-state index in [0.717, 1.165) is 16.9 Å². The van der Waals surface area contributed by atoms with Gasteiger partial charge in [0.2, 0.25) is 0 Å². The highest BCUT2D eigenvalue weighted by Crippen LogP contribution is 2.39. The van der Waals surface area contributed by atoms with Gasteiger partial charge in [0.05, 0.1) is 12.7 Å². The first-order valence-electron chi connectivity index (χ1n) is 5.83. The first kappa shape index (κ1) is 12.5. The highest BCUT2D eigenvalue weighted by Gasteiger charge is 2.22. The van der Waals surface area contributed by atoms with E-state index in [1.54, 1.807) is 13.2 Å². The molecule has 0 radical (unpaired) electrons. The van der Waals surface area contributed by atoms with Gasteiger partial charge in [-0.1, -0.05) is 38.1 Å². The van der Waals surface area contributed by atoms with Crippen molar-refractivity contribution >= 4 is 5.82 Å². The van der Waals surface area contributed by atoms with Gasteiger partial charge in [0.15, 0.2) is 11.6 Å². The lowest BCUT2D eigenvalue weighted by Gasteiger charge is -2.23. The van der Waals surface area contributed by atoms with Crippen LogP contribution in [0.5, 0.6) is 5.75 Å². The van der Waals surface area contributed by atoms with Crippen LogP contribution >= 0.6 is 0 Å². The number of aromatic nitrogens is 1. The lowest BCUT2D eigenvalue weighted by Crippen LogP contribution is -2.13. The quantitative estimate of drug-likeness (QED) is 0.883. The van der Waals surface area contributed by atoms with E-state index in [2.05, 4.69) is 32.0 Å². The zero-order valence-corrected chi connectivity index (χ0v) is 11.2. The Hall–Kier alpha value is -1.97. The van der Waals surface area contributed by atoms with Gasteiger partial charge in [-0.05, 0) is 11.5 Å². The Morgan fingerprint density at radius 1 is 1.28 bits per heavy atom. The molecule has 1 heterocycles. The van der Waals surface area contributed by atoms with Crippen molar-refractivity contribution < 1.29 is 9.26 Å². The molecular weight excluding hydrogens is 228 g/mol. The van der Waals surface area contributed by atoms with E-state index in [1.807, 2.05) is 12.1 Å². The van der Waals surface area contributed by atoms with Gasteiger partial charge >= 0.3 is 0 Å². The van der Waals surface area contributed by atoms with Crippen LogP contribution in [0.3, 0.4) is 0 Å². The Labute approximate surface area is 107 Å². The van der Waals surface area contributed by atoms with Gasteiger partial charge in [0, 0.05) is 11.6 Å². The molecule has 2 aromatic rings. The first-order chi connectivity index (χ1) is 8.43. The second-order valence-corrected chi connectivity index (χ2v) is 5.25. The van der Waals surface area contributed by atoms with Crippen molar-refractivity contribution in [2.75, 3.05) is 12.8 Å². The molecule has 0 atom stereocenters. The van der Waals surface area contributed by atoms with Gasteiger partial charge in [-0.2, -0.15) is 0 Å². The summed E-state index contributed by atoms with van der Waals surface area (Å²) < 4.78 is 10.7. The molecule has 4 nitrogen and oxygen atoms in total. The smallest absolute Gasteiger partial charge is 0.172 e. The fourth-order valence-corrected chi connectivity index (χ4v) is 1.96. The van der Waals surface area contributed by atoms with E-state index < -0.39 is 0 Å². The summed E-state index contributed by atoms with van der Waals surface area (Å²) >= 11 is 0. The fourth-order valence-electron chi connectivity index (χ4n) is 1.96. The van der Waals surface area contributed by atoms with Crippen LogP contribution in [0, 0.1) is 0 Å². The molecule has 0 bridgehead atoms. The second-order valence-electron chi connectivity index (χ2n) is 5.25. The molecule has 2 rings (SSSR count). The summed E-state index contributed by atoms with van der Waals surface area (Å²) in [6.07, 6.45) is 0. The molecule has 1 aromatic carbocycles. The largest absolute Gasteiger partial charge is 0.496 e. The normalized spacial score (nSPS) is 11.6. The van der Waals surface area contributed by atoms with Crippen LogP contribution in [0.2, 0.25) is 0 Å². The van der Waals surface area contributed by atoms with Crippen LogP contribution in [0.1, 0.15) is 26.3 Å². The third-order valence-electron chi connectivity index (χ3n) is 2.82. The third-order valence-corrected chi connectivity index (χ3v) is 2.82. The fraction of sp³-hybridized carbons (Fsp3) is 0.357. The van der Waals surface area contributed by atoms with E-state index >= 15 is 0 Å². The minimum Gasteiger partial charge on any atom is -0.496 e. The maximum Gasteiger partial charge on any atom is 0.172 e. The number of nitrogens with two attached hydrogens (primary N) is 1. The van der Waals surface area contributed by atoms with Crippen LogP contribution in [0.25, 0.3) is 11.3 Å². The molecule has 0 saturated carbocycles. The van der Waals surface area contributed by atoms with Crippen molar-refractivity contribution in [1.82, 2.24) is 5.16 Å². The van der Waals surface area contributed by atoms with E-state index in [0.29, 0.717) is 11.6 Å². The number of nitrogens with zero attached hydrogens (tertiary/aromatic N) is 1. The minimum absolute atomic E-state index is 0.00702. The standard InChI is InChI=1S/C14H18N2O2/c1-14(2,3)10-7-5-6-9(13(10)17-4)11-8-12(15)16-18-11/h5-8H,1-4H3,(H2,15,16). The van der Waals surface area contributed by atoms with Gasteiger partial charge in [-0.15, -0.1) is 0 Å². The summed E-state index contributed by atoms with van der Waals surface area (Å²) in [5.74, 6) is 1.80. The average Bonchev–Trinajstić information content (AvgIpc) is 2.73. The van der Waals surface area contributed by atoms with Gasteiger partial charge < -0.3 is 15.0 Å². The maximum atomic E-state index is 5.59. The number of rotatable bonds is 2. The SMILES string of the molecule is COc1c(-c2cc(N)no2)cccc1C(C)(C)C. The molecule has 0 fully saturated rings. The first-order valence-corrected chi connectivity index (χ1v) is 5.83. The summed E-state index contributed by atoms with van der Waals surface area (Å²) in [7, 11) is 1.66. The Balaban J connectivity index is 2.62.